The van der Waals surface area contributed by atoms with E-state index >= 15 is 0 Å². The number of tetrazole rings is 1. The Morgan fingerprint density at radius 2 is 1.91 bits per heavy atom. The summed E-state index contributed by atoms with van der Waals surface area (Å²) in [5.74, 6) is 7.72. The molecule has 0 radical (unpaired) electrons. The minimum absolute atomic E-state index is 0.00776. The lowest BCUT2D eigenvalue weighted by molar-refractivity contribution is 0.306. The zero-order chi connectivity index (χ0) is 23.3. The van der Waals surface area contributed by atoms with Crippen molar-refractivity contribution >= 4 is 37.4 Å². The van der Waals surface area contributed by atoms with Crippen LogP contribution in [0, 0.1) is 11.8 Å². The molecular formula is C27H21BrN4OS. The number of rotatable bonds is 7. The highest BCUT2D eigenvalue weighted by Crippen LogP contribution is 2.38. The number of aromatic nitrogens is 4. The fourth-order valence-electron chi connectivity index (χ4n) is 3.90. The highest BCUT2D eigenvalue weighted by Gasteiger charge is 2.13. The maximum Gasteiger partial charge on any atom is 0.176 e. The van der Waals surface area contributed by atoms with Gasteiger partial charge in [0, 0.05) is 26.5 Å². The van der Waals surface area contributed by atoms with Gasteiger partial charge in [-0.15, -0.1) is 27.5 Å². The molecule has 0 bridgehead atoms. The van der Waals surface area contributed by atoms with Crippen LogP contribution < -0.4 is 4.74 Å². The molecule has 0 spiro atoms. The van der Waals surface area contributed by atoms with E-state index in [2.05, 4.69) is 102 Å². The van der Waals surface area contributed by atoms with Crippen LogP contribution in [0.3, 0.4) is 0 Å². The molecular weight excluding hydrogens is 508 g/mol. The Balaban J connectivity index is 1.31. The molecule has 0 aliphatic carbocycles. The molecule has 2 aromatic heterocycles. The second kappa shape index (κ2) is 10.2. The zero-order valence-corrected chi connectivity index (χ0v) is 20.9. The average Bonchev–Trinajstić information content (AvgIpc) is 3.53. The van der Waals surface area contributed by atoms with E-state index in [-0.39, 0.29) is 5.92 Å². The summed E-state index contributed by atoms with van der Waals surface area (Å²) in [7, 11) is 0. The average molecular weight is 529 g/mol. The third kappa shape index (κ3) is 4.89. The maximum atomic E-state index is 6.11. The normalized spacial score (nSPS) is 11.7. The summed E-state index contributed by atoms with van der Waals surface area (Å²) in [6.07, 6.45) is 0.609. The standard InChI is InChI=1S/C27H21BrN4OS/c1-2-5-20(15-27-29-31-32-30-27)19-9-11-21(12-10-19)33-16-18-8-13-26-23(14-18)24(17-34-26)22-6-3-4-7-25(22)28/h3-4,6-14,17,20H,15-16H2,1H3,(H,29,30,31,32)/t20-/m0/s1. The number of thiophene rings is 1. The fourth-order valence-corrected chi connectivity index (χ4v) is 5.33. The second-order valence-electron chi connectivity index (χ2n) is 7.80. The molecule has 0 unspecified atom stereocenters. The third-order valence-corrected chi connectivity index (χ3v) is 7.24. The van der Waals surface area contributed by atoms with Gasteiger partial charge in [-0.25, -0.2) is 0 Å². The van der Waals surface area contributed by atoms with Crippen LogP contribution in [0.15, 0.2) is 76.6 Å². The van der Waals surface area contributed by atoms with Crippen molar-refractivity contribution in [2.24, 2.45) is 0 Å². The van der Waals surface area contributed by atoms with Crippen molar-refractivity contribution in [3.05, 3.63) is 93.5 Å². The number of hydrogen-bond acceptors (Lipinski definition) is 5. The fraction of sp³-hybridized carbons (Fsp3) is 0.148. The second-order valence-corrected chi connectivity index (χ2v) is 9.56. The van der Waals surface area contributed by atoms with Gasteiger partial charge in [-0.1, -0.05) is 63.5 Å². The molecule has 1 atom stereocenters. The maximum absolute atomic E-state index is 6.11. The van der Waals surface area contributed by atoms with Gasteiger partial charge in [-0.2, -0.15) is 5.21 Å². The van der Waals surface area contributed by atoms with Crippen molar-refractivity contribution < 1.29 is 4.74 Å². The van der Waals surface area contributed by atoms with E-state index in [4.69, 9.17) is 4.74 Å². The van der Waals surface area contributed by atoms with E-state index in [0.717, 1.165) is 21.3 Å². The molecule has 5 nitrogen and oxygen atoms in total. The lowest BCUT2D eigenvalue weighted by Crippen LogP contribution is -2.03. The predicted molar refractivity (Wildman–Crippen MR) is 140 cm³/mol. The Hall–Kier alpha value is -3.47. The summed E-state index contributed by atoms with van der Waals surface area (Å²) in [5, 5.41) is 17.7. The summed E-state index contributed by atoms with van der Waals surface area (Å²) in [6, 6.07) is 23.0. The van der Waals surface area contributed by atoms with Gasteiger partial charge in [-0.05, 0) is 59.3 Å². The topological polar surface area (TPSA) is 63.7 Å². The molecule has 3 aromatic carbocycles. The molecule has 0 aliphatic heterocycles. The molecule has 168 valence electrons. The zero-order valence-electron chi connectivity index (χ0n) is 18.5. The molecule has 2 heterocycles. The van der Waals surface area contributed by atoms with Gasteiger partial charge in [-0.3, -0.25) is 0 Å². The molecule has 7 heteroatoms. The Kier molecular flexibility index (Phi) is 6.70. The van der Waals surface area contributed by atoms with Gasteiger partial charge in [0.05, 0.1) is 5.92 Å². The molecule has 34 heavy (non-hydrogen) atoms. The molecule has 0 saturated heterocycles. The summed E-state index contributed by atoms with van der Waals surface area (Å²) in [6.45, 7) is 2.34. The van der Waals surface area contributed by atoms with Crippen molar-refractivity contribution in [1.82, 2.24) is 20.6 Å². The highest BCUT2D eigenvalue weighted by molar-refractivity contribution is 9.10. The molecule has 5 aromatic rings. The van der Waals surface area contributed by atoms with Crippen molar-refractivity contribution in [1.29, 1.82) is 0 Å². The smallest absolute Gasteiger partial charge is 0.176 e. The van der Waals surface area contributed by atoms with Crippen LogP contribution >= 0.6 is 27.3 Å². The van der Waals surface area contributed by atoms with Gasteiger partial charge >= 0.3 is 0 Å². The molecule has 0 fully saturated rings. The number of benzene rings is 3. The van der Waals surface area contributed by atoms with Crippen molar-refractivity contribution in [2.45, 2.75) is 25.9 Å². The Morgan fingerprint density at radius 1 is 1.06 bits per heavy atom. The number of fused-ring (bicyclic) bond motifs is 1. The molecule has 0 aliphatic rings. The molecule has 1 N–H and O–H groups in total. The van der Waals surface area contributed by atoms with E-state index < -0.39 is 0 Å². The van der Waals surface area contributed by atoms with Crippen LogP contribution in [0.1, 0.15) is 29.8 Å². The first-order valence-electron chi connectivity index (χ1n) is 10.8. The lowest BCUT2D eigenvalue weighted by atomic mass is 9.96. The van der Waals surface area contributed by atoms with Crippen molar-refractivity contribution in [3.8, 4) is 28.7 Å². The summed E-state index contributed by atoms with van der Waals surface area (Å²) >= 11 is 5.45. The Labute approximate surface area is 210 Å². The first-order valence-corrected chi connectivity index (χ1v) is 12.5. The largest absolute Gasteiger partial charge is 0.489 e. The third-order valence-electron chi connectivity index (χ3n) is 5.58. The minimum atomic E-state index is 0.00776. The summed E-state index contributed by atoms with van der Waals surface area (Å²) in [5.41, 5.74) is 4.68. The van der Waals surface area contributed by atoms with Gasteiger partial charge in [0.2, 0.25) is 0 Å². The van der Waals surface area contributed by atoms with E-state index in [9.17, 15) is 0 Å². The van der Waals surface area contributed by atoms with Crippen LogP contribution in [-0.2, 0) is 13.0 Å². The molecule has 0 saturated carbocycles. The number of halogens is 1. The van der Waals surface area contributed by atoms with Crippen LogP contribution in [-0.4, -0.2) is 20.6 Å². The van der Waals surface area contributed by atoms with Gasteiger partial charge in [0.25, 0.3) is 0 Å². The summed E-state index contributed by atoms with van der Waals surface area (Å²) < 4.78 is 8.47. The number of nitrogens with one attached hydrogen (secondary N) is 1. The number of ether oxygens (including phenoxy) is 1. The number of aromatic amines is 1. The minimum Gasteiger partial charge on any atom is -0.489 e. The Morgan fingerprint density at radius 3 is 2.68 bits per heavy atom. The van der Waals surface area contributed by atoms with Crippen LogP contribution in [0.2, 0.25) is 0 Å². The monoisotopic (exact) mass is 528 g/mol. The van der Waals surface area contributed by atoms with Gasteiger partial charge in [0.15, 0.2) is 5.82 Å². The first kappa shape index (κ1) is 22.3. The SMILES string of the molecule is CC#C[C@@H](Cc1nn[nH]n1)c1ccc(OCc2ccc3scc(-c4ccccc4Br)c3c2)cc1. The summed E-state index contributed by atoms with van der Waals surface area (Å²) in [4.78, 5) is 0. The van der Waals surface area contributed by atoms with E-state index in [1.165, 1.54) is 21.2 Å². The van der Waals surface area contributed by atoms with E-state index in [1.807, 2.05) is 25.1 Å². The van der Waals surface area contributed by atoms with E-state index in [0.29, 0.717) is 18.9 Å². The van der Waals surface area contributed by atoms with Gasteiger partial charge in [0.1, 0.15) is 12.4 Å². The number of hydrogen-bond donors (Lipinski definition) is 1. The van der Waals surface area contributed by atoms with Crippen molar-refractivity contribution in [3.63, 3.8) is 0 Å². The lowest BCUT2D eigenvalue weighted by Gasteiger charge is -2.11. The number of H-pyrrole nitrogens is 1. The predicted octanol–water partition coefficient (Wildman–Crippen LogP) is 6.77. The molecule has 0 amide bonds. The number of nitrogens with zero attached hydrogens (tertiary/aromatic N) is 3. The van der Waals surface area contributed by atoms with E-state index in [1.54, 1.807) is 11.3 Å². The van der Waals surface area contributed by atoms with Gasteiger partial charge < -0.3 is 4.74 Å². The quantitative estimate of drug-likeness (QED) is 0.236. The van der Waals surface area contributed by atoms with Crippen LogP contribution in [0.25, 0.3) is 21.2 Å². The van der Waals surface area contributed by atoms with Crippen LogP contribution in [0.5, 0.6) is 5.75 Å². The highest BCUT2D eigenvalue weighted by atomic mass is 79.9. The van der Waals surface area contributed by atoms with Crippen LogP contribution in [0.4, 0.5) is 0 Å². The van der Waals surface area contributed by atoms with Crippen molar-refractivity contribution in [2.75, 3.05) is 0 Å². The first-order chi connectivity index (χ1) is 16.7. The Bertz CT molecular complexity index is 1470. The molecule has 5 rings (SSSR count).